The topological polar surface area (TPSA) is 21.3 Å². The van der Waals surface area contributed by atoms with Gasteiger partial charge in [0.05, 0.1) is 7.11 Å². The van der Waals surface area contributed by atoms with Crippen LogP contribution in [-0.4, -0.2) is 19.7 Å². The van der Waals surface area contributed by atoms with Gasteiger partial charge >= 0.3 is 0 Å². The summed E-state index contributed by atoms with van der Waals surface area (Å²) in [5.74, 6) is 2.55. The molecule has 0 bridgehead atoms. The second-order valence-electron chi connectivity index (χ2n) is 7.03. The number of aryl methyl sites for hydroxylation is 2. The maximum atomic E-state index is 5.73. The third-order valence-electron chi connectivity index (χ3n) is 5.24. The second kappa shape index (κ2) is 6.39. The molecule has 2 fully saturated rings. The van der Waals surface area contributed by atoms with Gasteiger partial charge in [-0.2, -0.15) is 0 Å². The Morgan fingerprint density at radius 2 is 1.86 bits per heavy atom. The van der Waals surface area contributed by atoms with Gasteiger partial charge in [-0.1, -0.05) is 18.9 Å². The zero-order valence-electron chi connectivity index (χ0n) is 13.7. The largest absolute Gasteiger partial charge is 0.496 e. The van der Waals surface area contributed by atoms with Gasteiger partial charge in [0, 0.05) is 11.6 Å². The van der Waals surface area contributed by atoms with Crippen LogP contribution in [0.3, 0.4) is 0 Å². The Morgan fingerprint density at radius 3 is 2.57 bits per heavy atom. The van der Waals surface area contributed by atoms with Gasteiger partial charge in [-0.05, 0) is 75.1 Å². The lowest BCUT2D eigenvalue weighted by molar-refractivity contribution is 0.286. The number of benzene rings is 1. The van der Waals surface area contributed by atoms with Gasteiger partial charge < -0.3 is 10.1 Å². The molecule has 1 aromatic rings. The normalized spacial score (nSPS) is 25.9. The number of nitrogens with one attached hydrogen (secondary N) is 1. The summed E-state index contributed by atoms with van der Waals surface area (Å²) < 4.78 is 5.73. The van der Waals surface area contributed by atoms with Crippen LogP contribution < -0.4 is 10.1 Å². The molecule has 2 nitrogen and oxygen atoms in total. The third kappa shape index (κ3) is 3.42. The van der Waals surface area contributed by atoms with Crippen molar-refractivity contribution < 1.29 is 4.74 Å². The molecule has 0 amide bonds. The second-order valence-corrected chi connectivity index (χ2v) is 7.03. The van der Waals surface area contributed by atoms with Gasteiger partial charge in [0.15, 0.2) is 0 Å². The van der Waals surface area contributed by atoms with Crippen LogP contribution in [0.25, 0.3) is 0 Å². The van der Waals surface area contributed by atoms with Crippen molar-refractivity contribution in [1.29, 1.82) is 0 Å². The third-order valence-corrected chi connectivity index (χ3v) is 5.24. The summed E-state index contributed by atoms with van der Waals surface area (Å²) >= 11 is 0. The number of methoxy groups -OCH3 is 1. The summed E-state index contributed by atoms with van der Waals surface area (Å²) in [6.07, 6.45) is 8.19. The lowest BCUT2D eigenvalue weighted by Crippen LogP contribution is -2.31. The lowest BCUT2D eigenvalue weighted by atomic mass is 9.73. The van der Waals surface area contributed by atoms with Crippen molar-refractivity contribution in [3.05, 3.63) is 28.8 Å². The molecule has 1 aromatic carbocycles. The highest BCUT2D eigenvalue weighted by Crippen LogP contribution is 2.43. The molecular formula is C19H29NO. The van der Waals surface area contributed by atoms with Crippen molar-refractivity contribution in [2.24, 2.45) is 5.92 Å². The van der Waals surface area contributed by atoms with Crippen LogP contribution in [0.5, 0.6) is 5.75 Å². The predicted octanol–water partition coefficient (Wildman–Crippen LogP) is 4.34. The van der Waals surface area contributed by atoms with Gasteiger partial charge in [0.25, 0.3) is 0 Å². The Balaban J connectivity index is 1.84. The maximum Gasteiger partial charge on any atom is 0.122 e. The van der Waals surface area contributed by atoms with Crippen molar-refractivity contribution in [3.63, 3.8) is 0 Å². The van der Waals surface area contributed by atoms with Crippen molar-refractivity contribution >= 4 is 0 Å². The Bertz CT molecular complexity index is 493. The van der Waals surface area contributed by atoms with Crippen LogP contribution in [0.1, 0.15) is 61.1 Å². The monoisotopic (exact) mass is 287 g/mol. The fourth-order valence-corrected chi connectivity index (χ4v) is 4.02. The van der Waals surface area contributed by atoms with Gasteiger partial charge in [0.2, 0.25) is 0 Å². The minimum Gasteiger partial charge on any atom is -0.496 e. The van der Waals surface area contributed by atoms with E-state index < -0.39 is 0 Å². The fraction of sp³-hybridized carbons (Fsp3) is 0.684. The maximum absolute atomic E-state index is 5.73. The molecule has 2 aliphatic rings. The molecule has 3 rings (SSSR count). The molecule has 1 N–H and O–H groups in total. The van der Waals surface area contributed by atoms with E-state index in [-0.39, 0.29) is 0 Å². The highest BCUT2D eigenvalue weighted by Gasteiger charge is 2.31. The average Bonchev–Trinajstić information content (AvgIpc) is 3.29. The van der Waals surface area contributed by atoms with Crippen LogP contribution in [0.2, 0.25) is 0 Å². The summed E-state index contributed by atoms with van der Waals surface area (Å²) in [6, 6.07) is 5.34. The van der Waals surface area contributed by atoms with E-state index in [0.717, 1.165) is 17.7 Å². The van der Waals surface area contributed by atoms with Crippen LogP contribution in [-0.2, 0) is 0 Å². The molecule has 21 heavy (non-hydrogen) atoms. The average molecular weight is 287 g/mol. The highest BCUT2D eigenvalue weighted by atomic mass is 16.5. The standard InChI is InChI=1S/C19H29NO/c1-13-10-14(2)19(18(11-13)21-3)17-7-5-4-6-15(17)12-20-16-8-9-16/h10-11,15-17,20H,4-9,12H2,1-3H3. The smallest absolute Gasteiger partial charge is 0.122 e. The van der Waals surface area contributed by atoms with Crippen LogP contribution in [0, 0.1) is 19.8 Å². The van der Waals surface area contributed by atoms with E-state index in [2.05, 4.69) is 31.3 Å². The molecule has 0 aliphatic heterocycles. The summed E-state index contributed by atoms with van der Waals surface area (Å²) in [5.41, 5.74) is 4.19. The Kier molecular flexibility index (Phi) is 4.54. The van der Waals surface area contributed by atoms with Crippen LogP contribution in [0.15, 0.2) is 12.1 Å². The zero-order valence-corrected chi connectivity index (χ0v) is 13.7. The molecule has 0 radical (unpaired) electrons. The zero-order chi connectivity index (χ0) is 14.8. The van der Waals surface area contributed by atoms with Gasteiger partial charge in [-0.3, -0.25) is 0 Å². The predicted molar refractivity (Wildman–Crippen MR) is 88.2 cm³/mol. The highest BCUT2D eigenvalue weighted by molar-refractivity contribution is 5.45. The molecule has 2 heteroatoms. The van der Waals surface area contributed by atoms with E-state index >= 15 is 0 Å². The summed E-state index contributed by atoms with van der Waals surface area (Å²) in [5, 5.41) is 3.75. The molecule has 0 saturated heterocycles. The Labute approximate surface area is 129 Å². The molecular weight excluding hydrogens is 258 g/mol. The number of hydrogen-bond acceptors (Lipinski definition) is 2. The van der Waals surface area contributed by atoms with E-state index in [1.54, 1.807) is 0 Å². The molecule has 0 heterocycles. The lowest BCUT2D eigenvalue weighted by Gasteiger charge is -2.34. The van der Waals surface area contributed by atoms with Gasteiger partial charge in [0.1, 0.15) is 5.75 Å². The molecule has 2 aliphatic carbocycles. The number of ether oxygens (including phenoxy) is 1. The number of hydrogen-bond donors (Lipinski definition) is 1. The molecule has 0 aromatic heterocycles. The fourth-order valence-electron chi connectivity index (χ4n) is 4.02. The first-order chi connectivity index (χ1) is 10.2. The Morgan fingerprint density at radius 1 is 1.10 bits per heavy atom. The van der Waals surface area contributed by atoms with Crippen LogP contribution >= 0.6 is 0 Å². The first-order valence-corrected chi connectivity index (χ1v) is 8.57. The van der Waals surface area contributed by atoms with E-state index in [1.165, 1.54) is 61.8 Å². The molecule has 0 spiro atoms. The summed E-state index contributed by atoms with van der Waals surface area (Å²) in [6.45, 7) is 5.60. The summed E-state index contributed by atoms with van der Waals surface area (Å²) in [7, 11) is 1.82. The molecule has 116 valence electrons. The van der Waals surface area contributed by atoms with E-state index in [9.17, 15) is 0 Å². The minimum atomic E-state index is 0.667. The van der Waals surface area contributed by atoms with E-state index in [0.29, 0.717) is 5.92 Å². The SMILES string of the molecule is COc1cc(C)cc(C)c1C1CCCCC1CNC1CC1. The first-order valence-electron chi connectivity index (χ1n) is 8.57. The first kappa shape index (κ1) is 14.9. The summed E-state index contributed by atoms with van der Waals surface area (Å²) in [4.78, 5) is 0. The van der Waals surface area contributed by atoms with Crippen molar-refractivity contribution in [2.45, 2.75) is 64.3 Å². The quantitative estimate of drug-likeness (QED) is 0.870. The van der Waals surface area contributed by atoms with Crippen LogP contribution in [0.4, 0.5) is 0 Å². The van der Waals surface area contributed by atoms with Gasteiger partial charge in [-0.25, -0.2) is 0 Å². The van der Waals surface area contributed by atoms with E-state index in [4.69, 9.17) is 4.74 Å². The molecule has 2 atom stereocenters. The van der Waals surface area contributed by atoms with Crippen molar-refractivity contribution in [1.82, 2.24) is 5.32 Å². The van der Waals surface area contributed by atoms with Gasteiger partial charge in [-0.15, -0.1) is 0 Å². The van der Waals surface area contributed by atoms with Crippen molar-refractivity contribution in [2.75, 3.05) is 13.7 Å². The minimum absolute atomic E-state index is 0.667. The molecule has 2 saturated carbocycles. The number of rotatable bonds is 5. The Hall–Kier alpha value is -1.02. The molecule has 2 unspecified atom stereocenters. The van der Waals surface area contributed by atoms with E-state index in [1.807, 2.05) is 7.11 Å². The van der Waals surface area contributed by atoms with Crippen molar-refractivity contribution in [3.8, 4) is 5.75 Å².